The van der Waals surface area contributed by atoms with E-state index in [0.29, 0.717) is 5.92 Å². The first kappa shape index (κ1) is 14.4. The van der Waals surface area contributed by atoms with E-state index >= 15 is 0 Å². The van der Waals surface area contributed by atoms with Crippen LogP contribution in [0, 0.1) is 5.92 Å². The molecule has 0 bridgehead atoms. The van der Waals surface area contributed by atoms with Crippen LogP contribution in [0.5, 0.6) is 0 Å². The van der Waals surface area contributed by atoms with Gasteiger partial charge in [0.25, 0.3) is 0 Å². The first-order chi connectivity index (χ1) is 6.67. The molecule has 0 fully saturated rings. The summed E-state index contributed by atoms with van der Waals surface area (Å²) < 4.78 is 0. The molecule has 14 heavy (non-hydrogen) atoms. The van der Waals surface area contributed by atoms with E-state index < -0.39 is 8.07 Å². The molecule has 0 rings (SSSR count). The Hall–Kier alpha value is 0.447. The zero-order chi connectivity index (χ0) is 11.0. The molecule has 0 amide bonds. The minimum atomic E-state index is -2.21. The predicted octanol–water partition coefficient (Wildman–Crippen LogP) is 0.376. The van der Waals surface area contributed by atoms with Gasteiger partial charge in [0.2, 0.25) is 0 Å². The summed E-state index contributed by atoms with van der Waals surface area (Å²) in [5.74, 6) is 1.30. The highest BCUT2D eigenvalue weighted by atomic mass is 32.1. The van der Waals surface area contributed by atoms with Crippen LogP contribution in [0.4, 0.5) is 0 Å². The van der Waals surface area contributed by atoms with E-state index in [1.54, 1.807) is 0 Å². The van der Waals surface area contributed by atoms with Crippen LogP contribution in [0.3, 0.4) is 0 Å². The molecule has 3 nitrogen and oxygen atoms in total. The molecule has 1 atom stereocenters. The maximum absolute atomic E-state index is 9.21. The normalized spacial score (nSPS) is 14.4. The van der Waals surface area contributed by atoms with Crippen molar-refractivity contribution in [1.29, 1.82) is 0 Å². The van der Waals surface area contributed by atoms with Crippen LogP contribution in [-0.2, 0) is 0 Å². The van der Waals surface area contributed by atoms with Crippen molar-refractivity contribution < 1.29 is 15.3 Å². The number of hydrogen-bond acceptors (Lipinski definition) is 4. The molecular weight excluding hydrogens is 216 g/mol. The summed E-state index contributed by atoms with van der Waals surface area (Å²) in [7, 11) is -2.21. The molecule has 0 aliphatic rings. The molecule has 0 aromatic rings. The topological polar surface area (TPSA) is 60.7 Å². The van der Waals surface area contributed by atoms with Crippen LogP contribution in [0.15, 0.2) is 0 Å². The van der Waals surface area contributed by atoms with Gasteiger partial charge in [-0.1, -0.05) is 13.3 Å². The highest BCUT2D eigenvalue weighted by Crippen LogP contribution is 2.22. The van der Waals surface area contributed by atoms with Crippen LogP contribution < -0.4 is 0 Å². The highest BCUT2D eigenvalue weighted by Gasteiger charge is 2.33. The van der Waals surface area contributed by atoms with Gasteiger partial charge < -0.3 is 15.3 Å². The first-order valence-corrected chi connectivity index (χ1v) is 8.57. The van der Waals surface area contributed by atoms with E-state index in [0.717, 1.165) is 24.6 Å². The molecule has 0 saturated carbocycles. The minimum absolute atomic E-state index is 0.0247. The maximum atomic E-state index is 9.21. The molecule has 0 radical (unpaired) electrons. The Labute approximate surface area is 92.6 Å². The monoisotopic (exact) mass is 238 g/mol. The predicted molar refractivity (Wildman–Crippen MR) is 64.1 cm³/mol. The fourth-order valence-electron chi connectivity index (χ4n) is 1.59. The summed E-state index contributed by atoms with van der Waals surface area (Å²) in [5, 5.41) is 27.6. The lowest BCUT2D eigenvalue weighted by Crippen LogP contribution is -2.49. The van der Waals surface area contributed by atoms with Crippen LogP contribution in [0.1, 0.15) is 19.8 Å². The molecule has 86 valence electrons. The van der Waals surface area contributed by atoms with Gasteiger partial charge >= 0.3 is 0 Å². The molecule has 0 aromatic carbocycles. The molecule has 0 aliphatic carbocycles. The zero-order valence-electron chi connectivity index (χ0n) is 8.82. The first-order valence-electron chi connectivity index (χ1n) is 5.11. The van der Waals surface area contributed by atoms with Crippen molar-refractivity contribution in [3.05, 3.63) is 0 Å². The Balaban J connectivity index is 4.24. The molecule has 3 N–H and O–H groups in total. The number of aliphatic hydroxyl groups excluding tert-OH is 3. The summed E-state index contributed by atoms with van der Waals surface area (Å²) in [6, 6.07) is 0.799. The molecule has 0 aliphatic heterocycles. The summed E-state index contributed by atoms with van der Waals surface area (Å²) in [4.78, 5) is 0. The summed E-state index contributed by atoms with van der Waals surface area (Å²) in [5.41, 5.74) is 0. The Kier molecular flexibility index (Phi) is 7.95. The van der Waals surface area contributed by atoms with Gasteiger partial charge in [-0.15, -0.1) is 0 Å². The third kappa shape index (κ3) is 4.31. The number of hydrogen-bond donors (Lipinski definition) is 4. The van der Waals surface area contributed by atoms with Gasteiger partial charge in [-0.3, -0.25) is 0 Å². The second-order valence-electron chi connectivity index (χ2n) is 3.97. The van der Waals surface area contributed by atoms with Crippen molar-refractivity contribution in [2.24, 2.45) is 5.92 Å². The minimum Gasteiger partial charge on any atom is -0.399 e. The summed E-state index contributed by atoms with van der Waals surface area (Å²) in [6.45, 7) is 2.10. The third-order valence-corrected chi connectivity index (χ3v) is 6.56. The van der Waals surface area contributed by atoms with Gasteiger partial charge in [0.15, 0.2) is 0 Å². The van der Waals surface area contributed by atoms with Gasteiger partial charge in [-0.05, 0) is 24.1 Å². The standard InChI is InChI=1S/C9H22O3SSi/c1-2-9(3-4-13)5-14(6-10,7-11)8-12/h9-13H,2-8H2,1H3. The van der Waals surface area contributed by atoms with Crippen LogP contribution in [0.25, 0.3) is 0 Å². The van der Waals surface area contributed by atoms with Crippen molar-refractivity contribution in [2.75, 3.05) is 24.4 Å². The van der Waals surface area contributed by atoms with Gasteiger partial charge in [-0.2, -0.15) is 12.6 Å². The molecule has 0 heterocycles. The second-order valence-corrected chi connectivity index (χ2v) is 8.77. The molecular formula is C9H22O3SSi. The van der Waals surface area contributed by atoms with Gasteiger partial charge in [0.1, 0.15) is 8.07 Å². The molecule has 5 heteroatoms. The Morgan fingerprint density at radius 1 is 1.14 bits per heavy atom. The van der Waals surface area contributed by atoms with E-state index in [9.17, 15) is 15.3 Å². The summed E-state index contributed by atoms with van der Waals surface area (Å²) in [6.07, 6.45) is 1.94. The van der Waals surface area contributed by atoms with Crippen molar-refractivity contribution in [2.45, 2.75) is 25.8 Å². The van der Waals surface area contributed by atoms with E-state index in [4.69, 9.17) is 0 Å². The largest absolute Gasteiger partial charge is 0.399 e. The maximum Gasteiger partial charge on any atom is 0.140 e. The third-order valence-electron chi connectivity index (χ3n) is 2.84. The van der Waals surface area contributed by atoms with Crippen LogP contribution in [0.2, 0.25) is 6.04 Å². The average molecular weight is 238 g/mol. The lowest BCUT2D eigenvalue weighted by atomic mass is 10.1. The Morgan fingerprint density at radius 3 is 1.93 bits per heavy atom. The van der Waals surface area contributed by atoms with Crippen molar-refractivity contribution >= 4 is 20.7 Å². The fraction of sp³-hybridized carbons (Fsp3) is 1.00. The van der Waals surface area contributed by atoms with E-state index in [1.807, 2.05) is 0 Å². The number of rotatable bonds is 8. The smallest absolute Gasteiger partial charge is 0.140 e. The molecule has 0 saturated heterocycles. The number of thiol groups is 1. The number of aliphatic hydroxyl groups is 3. The SMILES string of the molecule is CCC(CCS)C[Si](CO)(CO)CO. The fourth-order valence-corrected chi connectivity index (χ4v) is 4.36. The Morgan fingerprint density at radius 2 is 1.64 bits per heavy atom. The highest BCUT2D eigenvalue weighted by molar-refractivity contribution is 7.80. The van der Waals surface area contributed by atoms with E-state index in [-0.39, 0.29) is 18.7 Å². The van der Waals surface area contributed by atoms with Crippen molar-refractivity contribution in [3.63, 3.8) is 0 Å². The lowest BCUT2D eigenvalue weighted by Gasteiger charge is -2.29. The van der Waals surface area contributed by atoms with Crippen molar-refractivity contribution in [1.82, 2.24) is 0 Å². The quantitative estimate of drug-likeness (QED) is 0.365. The molecule has 0 aromatic heterocycles. The van der Waals surface area contributed by atoms with Crippen LogP contribution >= 0.6 is 12.6 Å². The van der Waals surface area contributed by atoms with Crippen LogP contribution in [-0.4, -0.2) is 47.8 Å². The van der Waals surface area contributed by atoms with Gasteiger partial charge in [0.05, 0.1) is 0 Å². The molecule has 1 unspecified atom stereocenters. The summed E-state index contributed by atoms with van der Waals surface area (Å²) >= 11 is 4.18. The zero-order valence-corrected chi connectivity index (χ0v) is 10.7. The van der Waals surface area contributed by atoms with E-state index in [1.165, 1.54) is 0 Å². The van der Waals surface area contributed by atoms with Crippen molar-refractivity contribution in [3.8, 4) is 0 Å². The second kappa shape index (κ2) is 7.70. The van der Waals surface area contributed by atoms with E-state index in [2.05, 4.69) is 19.6 Å². The molecule has 0 spiro atoms. The van der Waals surface area contributed by atoms with Gasteiger partial charge in [-0.25, -0.2) is 0 Å². The average Bonchev–Trinajstić information content (AvgIpc) is 2.25. The Bertz CT molecular complexity index is 134. The lowest BCUT2D eigenvalue weighted by molar-refractivity contribution is 0.282. The van der Waals surface area contributed by atoms with Gasteiger partial charge in [0, 0.05) is 18.7 Å².